The third kappa shape index (κ3) is 4.90. The van der Waals surface area contributed by atoms with E-state index in [1.54, 1.807) is 0 Å². The van der Waals surface area contributed by atoms with Crippen LogP contribution >= 0.6 is 0 Å². The van der Waals surface area contributed by atoms with Crippen LogP contribution in [-0.2, 0) is 0 Å². The van der Waals surface area contributed by atoms with Crippen LogP contribution in [0.5, 0.6) is 0 Å². The minimum atomic E-state index is 1.04. The Morgan fingerprint density at radius 2 is 0.778 bits per heavy atom. The van der Waals surface area contributed by atoms with E-state index in [4.69, 9.17) is 4.98 Å². The number of pyridine rings is 1. The topological polar surface area (TPSA) is 12.9 Å². The van der Waals surface area contributed by atoms with Gasteiger partial charge in [0.1, 0.15) is 0 Å². The van der Waals surface area contributed by atoms with Gasteiger partial charge in [-0.3, -0.25) is 4.98 Å². The van der Waals surface area contributed by atoms with E-state index in [2.05, 4.69) is 188 Å². The fourth-order valence-corrected chi connectivity index (χ4v) is 8.67. The number of aromatic nitrogens is 1. The van der Waals surface area contributed by atoms with Crippen LogP contribution in [0.25, 0.3) is 109 Å². The Labute approximate surface area is 313 Å². The number of fused-ring (bicyclic) bond motifs is 7. The first-order chi connectivity index (χ1) is 26.8. The highest BCUT2D eigenvalue weighted by molar-refractivity contribution is 6.22. The second-order valence-electron chi connectivity index (χ2n) is 14.3. The third-order valence-corrected chi connectivity index (χ3v) is 11.2. The van der Waals surface area contributed by atoms with E-state index >= 15 is 0 Å². The molecule has 0 bridgehead atoms. The molecule has 0 radical (unpaired) electrons. The largest absolute Gasteiger partial charge is 0.256 e. The van der Waals surface area contributed by atoms with Crippen molar-refractivity contribution in [2.24, 2.45) is 0 Å². The third-order valence-electron chi connectivity index (χ3n) is 11.2. The number of hydrogen-bond acceptors (Lipinski definition) is 1. The van der Waals surface area contributed by atoms with Gasteiger partial charge in [-0.1, -0.05) is 170 Å². The first-order valence-corrected chi connectivity index (χ1v) is 18.6. The van der Waals surface area contributed by atoms with Crippen molar-refractivity contribution in [1.82, 2.24) is 4.98 Å². The number of benzene rings is 10. The summed E-state index contributed by atoms with van der Waals surface area (Å²) in [5.41, 5.74) is 10.8. The molecular weight excluding hydrogens is 651 g/mol. The molecule has 10 aromatic carbocycles. The van der Waals surface area contributed by atoms with Crippen LogP contribution in [0.4, 0.5) is 0 Å². The lowest BCUT2D eigenvalue weighted by molar-refractivity contribution is 1.43. The van der Waals surface area contributed by atoms with Crippen LogP contribution in [0.15, 0.2) is 200 Å². The van der Waals surface area contributed by atoms with Gasteiger partial charge in [-0.2, -0.15) is 0 Å². The normalized spacial score (nSPS) is 11.7. The summed E-state index contributed by atoms with van der Waals surface area (Å²) in [5, 5.41) is 13.6. The van der Waals surface area contributed by atoms with E-state index in [1.165, 1.54) is 98.4 Å². The van der Waals surface area contributed by atoms with Crippen LogP contribution in [0.2, 0.25) is 0 Å². The molecule has 0 aliphatic carbocycles. The van der Waals surface area contributed by atoms with Gasteiger partial charge in [-0.25, -0.2) is 0 Å². The highest BCUT2D eigenvalue weighted by Gasteiger charge is 2.18. The van der Waals surface area contributed by atoms with E-state index in [-0.39, 0.29) is 0 Å². The van der Waals surface area contributed by atoms with Crippen molar-refractivity contribution in [3.05, 3.63) is 200 Å². The standard InChI is InChI=1S/C53H33N/c1-3-11-40-31-43(26-20-34(40)9-1)50-46-15-5-6-16-47(46)51(44-27-21-35-10-2-4-12-41(35)32-44)49-33-42(28-29-48(49)50)36-18-22-37(23-19-36)45-17-7-13-38-24-25-39-14-8-30-54-53(39)52(38)45/h1-33H. The predicted octanol–water partition coefficient (Wildman–Crippen LogP) is 14.7. The molecule has 0 atom stereocenters. The van der Waals surface area contributed by atoms with Gasteiger partial charge in [-0.05, 0) is 117 Å². The van der Waals surface area contributed by atoms with Crippen molar-refractivity contribution < 1.29 is 0 Å². The lowest BCUT2D eigenvalue weighted by Gasteiger charge is -2.19. The second-order valence-corrected chi connectivity index (χ2v) is 14.3. The van der Waals surface area contributed by atoms with Crippen molar-refractivity contribution in [1.29, 1.82) is 0 Å². The summed E-state index contributed by atoms with van der Waals surface area (Å²) in [7, 11) is 0. The minimum absolute atomic E-state index is 1.04. The fraction of sp³-hybridized carbons (Fsp3) is 0. The monoisotopic (exact) mass is 683 g/mol. The van der Waals surface area contributed by atoms with Crippen LogP contribution in [0.1, 0.15) is 0 Å². The maximum Gasteiger partial charge on any atom is 0.0786 e. The first-order valence-electron chi connectivity index (χ1n) is 18.6. The van der Waals surface area contributed by atoms with Crippen molar-refractivity contribution in [3.8, 4) is 44.5 Å². The minimum Gasteiger partial charge on any atom is -0.256 e. The molecule has 11 aromatic rings. The molecule has 54 heavy (non-hydrogen) atoms. The van der Waals surface area contributed by atoms with E-state index < -0.39 is 0 Å². The molecule has 1 heteroatoms. The number of rotatable bonds is 4. The zero-order chi connectivity index (χ0) is 35.6. The zero-order valence-corrected chi connectivity index (χ0v) is 29.5. The van der Waals surface area contributed by atoms with Crippen molar-refractivity contribution in [3.63, 3.8) is 0 Å². The quantitative estimate of drug-likeness (QED) is 0.133. The van der Waals surface area contributed by atoms with E-state index in [1.807, 2.05) is 12.3 Å². The summed E-state index contributed by atoms with van der Waals surface area (Å²) in [5.74, 6) is 0. The Hall–Kier alpha value is -7.09. The molecule has 11 rings (SSSR count). The Morgan fingerprint density at radius 3 is 1.48 bits per heavy atom. The molecule has 0 aliphatic rings. The Kier molecular flexibility index (Phi) is 6.93. The molecule has 0 aliphatic heterocycles. The first kappa shape index (κ1) is 30.5. The van der Waals surface area contributed by atoms with Crippen LogP contribution < -0.4 is 0 Å². The summed E-state index contributed by atoms with van der Waals surface area (Å²) in [6, 6.07) is 71.3. The van der Waals surface area contributed by atoms with Gasteiger partial charge in [0, 0.05) is 17.0 Å². The summed E-state index contributed by atoms with van der Waals surface area (Å²) in [4.78, 5) is 4.80. The Balaban J connectivity index is 1.14. The molecule has 0 saturated heterocycles. The molecule has 1 nitrogen and oxygen atoms in total. The van der Waals surface area contributed by atoms with Gasteiger partial charge in [0.15, 0.2) is 0 Å². The molecule has 1 aromatic heterocycles. The van der Waals surface area contributed by atoms with E-state index in [0.29, 0.717) is 0 Å². The van der Waals surface area contributed by atoms with Crippen LogP contribution in [0, 0.1) is 0 Å². The average Bonchev–Trinajstić information content (AvgIpc) is 3.24. The fourth-order valence-electron chi connectivity index (χ4n) is 8.67. The molecule has 1 heterocycles. The van der Waals surface area contributed by atoms with Crippen molar-refractivity contribution >= 4 is 64.8 Å². The number of nitrogens with zero attached hydrogens (tertiary/aromatic N) is 1. The van der Waals surface area contributed by atoms with Gasteiger partial charge < -0.3 is 0 Å². The van der Waals surface area contributed by atoms with Gasteiger partial charge in [0.25, 0.3) is 0 Å². The van der Waals surface area contributed by atoms with Crippen LogP contribution in [-0.4, -0.2) is 4.98 Å². The summed E-state index contributed by atoms with van der Waals surface area (Å²) >= 11 is 0. The summed E-state index contributed by atoms with van der Waals surface area (Å²) < 4.78 is 0. The second kappa shape index (κ2) is 12.3. The summed E-state index contributed by atoms with van der Waals surface area (Å²) in [6.07, 6.45) is 1.89. The SMILES string of the molecule is c1ccc2cc(-c3c4ccccc4c(-c4ccc5ccccc5c4)c4cc(-c5ccc(-c6cccc7ccc8cccnc8c67)cc5)ccc34)ccc2c1. The molecule has 0 spiro atoms. The Bertz CT molecular complexity index is 3260. The maximum atomic E-state index is 4.80. The highest BCUT2D eigenvalue weighted by Crippen LogP contribution is 2.46. The molecule has 250 valence electrons. The lowest BCUT2D eigenvalue weighted by atomic mass is 9.84. The lowest BCUT2D eigenvalue weighted by Crippen LogP contribution is -1.92. The van der Waals surface area contributed by atoms with Crippen molar-refractivity contribution in [2.75, 3.05) is 0 Å². The van der Waals surface area contributed by atoms with E-state index in [0.717, 1.165) is 10.9 Å². The molecule has 0 fully saturated rings. The van der Waals surface area contributed by atoms with Gasteiger partial charge in [-0.15, -0.1) is 0 Å². The Morgan fingerprint density at radius 1 is 0.278 bits per heavy atom. The number of hydrogen-bond donors (Lipinski definition) is 0. The van der Waals surface area contributed by atoms with Gasteiger partial charge >= 0.3 is 0 Å². The van der Waals surface area contributed by atoms with Crippen LogP contribution in [0.3, 0.4) is 0 Å². The average molecular weight is 684 g/mol. The van der Waals surface area contributed by atoms with Gasteiger partial charge in [0.2, 0.25) is 0 Å². The molecule has 0 unspecified atom stereocenters. The highest BCUT2D eigenvalue weighted by atomic mass is 14.6. The van der Waals surface area contributed by atoms with Gasteiger partial charge in [0.05, 0.1) is 5.52 Å². The maximum absolute atomic E-state index is 4.80. The van der Waals surface area contributed by atoms with Crippen molar-refractivity contribution in [2.45, 2.75) is 0 Å². The molecule has 0 amide bonds. The van der Waals surface area contributed by atoms with E-state index in [9.17, 15) is 0 Å². The molecule has 0 saturated carbocycles. The smallest absolute Gasteiger partial charge is 0.0786 e. The predicted molar refractivity (Wildman–Crippen MR) is 231 cm³/mol. The molecular formula is C53H33N. The summed E-state index contributed by atoms with van der Waals surface area (Å²) in [6.45, 7) is 0. The molecule has 0 N–H and O–H groups in total. The zero-order valence-electron chi connectivity index (χ0n) is 29.5.